The van der Waals surface area contributed by atoms with Crippen LogP contribution in [0.25, 0.3) is 0 Å². The van der Waals surface area contributed by atoms with Crippen LogP contribution in [0.5, 0.6) is 0 Å². The van der Waals surface area contributed by atoms with Crippen LogP contribution in [-0.4, -0.2) is 12.5 Å². The minimum absolute atomic E-state index is 0.115. The van der Waals surface area contributed by atoms with Gasteiger partial charge in [-0.25, -0.2) is 0 Å². The Morgan fingerprint density at radius 1 is 1.31 bits per heavy atom. The highest BCUT2D eigenvalue weighted by Crippen LogP contribution is 2.57. The maximum absolute atomic E-state index is 12.4. The van der Waals surface area contributed by atoms with Gasteiger partial charge < -0.3 is 4.90 Å². The second kappa shape index (κ2) is 3.09. The number of carbonyl (C=O) groups is 1. The molecule has 1 heterocycles. The molecule has 0 bridgehead atoms. The molecule has 84 valence electrons. The van der Waals surface area contributed by atoms with E-state index in [4.69, 9.17) is 0 Å². The van der Waals surface area contributed by atoms with Crippen LogP contribution in [0.15, 0.2) is 18.2 Å². The monoisotopic (exact) mass is 215 g/mol. The Kier molecular flexibility index (Phi) is 1.91. The lowest BCUT2D eigenvalue weighted by Gasteiger charge is -2.17. The Bertz CT molecular complexity index is 460. The van der Waals surface area contributed by atoms with Gasteiger partial charge in [-0.05, 0) is 37.3 Å². The molecule has 0 saturated heterocycles. The van der Waals surface area contributed by atoms with E-state index in [2.05, 4.69) is 32.0 Å². The number of amides is 1. The van der Waals surface area contributed by atoms with Gasteiger partial charge in [0, 0.05) is 6.54 Å². The van der Waals surface area contributed by atoms with Gasteiger partial charge in [-0.2, -0.15) is 0 Å². The van der Waals surface area contributed by atoms with Crippen molar-refractivity contribution in [2.45, 2.75) is 38.5 Å². The fourth-order valence-corrected chi connectivity index (χ4v) is 2.97. The number of benzene rings is 1. The summed E-state index contributed by atoms with van der Waals surface area (Å²) in [6.07, 6.45) is 3.09. The number of nitrogens with zero attached hydrogens (tertiary/aromatic N) is 1. The molecule has 16 heavy (non-hydrogen) atoms. The summed E-state index contributed by atoms with van der Waals surface area (Å²) in [5.41, 5.74) is 3.71. The van der Waals surface area contributed by atoms with Crippen molar-refractivity contribution >= 4 is 11.6 Å². The number of rotatable bonds is 2. The summed E-state index contributed by atoms with van der Waals surface area (Å²) in [4.78, 5) is 14.4. The van der Waals surface area contributed by atoms with Crippen molar-refractivity contribution in [3.63, 3.8) is 0 Å². The van der Waals surface area contributed by atoms with E-state index >= 15 is 0 Å². The minimum Gasteiger partial charge on any atom is -0.311 e. The van der Waals surface area contributed by atoms with E-state index in [1.54, 1.807) is 0 Å². The zero-order valence-corrected chi connectivity index (χ0v) is 9.92. The molecule has 0 aromatic heterocycles. The molecule has 3 rings (SSSR count). The lowest BCUT2D eigenvalue weighted by Crippen LogP contribution is -2.31. The number of aryl methyl sites for hydroxylation is 1. The van der Waals surface area contributed by atoms with Crippen molar-refractivity contribution in [3.8, 4) is 0 Å². The molecule has 2 nitrogen and oxygen atoms in total. The van der Waals surface area contributed by atoms with Gasteiger partial charge in [0.15, 0.2) is 0 Å². The minimum atomic E-state index is -0.115. The first-order chi connectivity index (χ1) is 7.74. The Morgan fingerprint density at radius 3 is 2.62 bits per heavy atom. The lowest BCUT2D eigenvalue weighted by molar-refractivity contribution is -0.120. The topological polar surface area (TPSA) is 20.3 Å². The van der Waals surface area contributed by atoms with Crippen LogP contribution in [0, 0.1) is 0 Å². The van der Waals surface area contributed by atoms with E-state index in [1.165, 1.54) is 16.8 Å². The smallest absolute Gasteiger partial charge is 0.237 e. The van der Waals surface area contributed by atoms with Gasteiger partial charge in [0.2, 0.25) is 5.91 Å². The van der Waals surface area contributed by atoms with E-state index in [9.17, 15) is 4.79 Å². The first-order valence-electron chi connectivity index (χ1n) is 6.19. The van der Waals surface area contributed by atoms with E-state index in [0.717, 1.165) is 25.8 Å². The summed E-state index contributed by atoms with van der Waals surface area (Å²) >= 11 is 0. The van der Waals surface area contributed by atoms with Crippen molar-refractivity contribution < 1.29 is 4.79 Å². The summed E-state index contributed by atoms with van der Waals surface area (Å²) < 4.78 is 0. The molecule has 0 radical (unpaired) electrons. The number of hydrogen-bond acceptors (Lipinski definition) is 1. The third-order valence-electron chi connectivity index (χ3n) is 4.01. The van der Waals surface area contributed by atoms with Crippen LogP contribution in [-0.2, 0) is 16.6 Å². The fraction of sp³-hybridized carbons (Fsp3) is 0.500. The van der Waals surface area contributed by atoms with Crippen LogP contribution in [0.2, 0.25) is 0 Å². The molecule has 1 aromatic rings. The van der Waals surface area contributed by atoms with E-state index in [0.29, 0.717) is 5.91 Å². The first-order valence-corrected chi connectivity index (χ1v) is 6.19. The van der Waals surface area contributed by atoms with E-state index in [1.807, 2.05) is 4.90 Å². The molecule has 0 unspecified atom stereocenters. The molecule has 2 aliphatic rings. The molecule has 1 aliphatic heterocycles. The molecule has 1 amide bonds. The Hall–Kier alpha value is -1.31. The van der Waals surface area contributed by atoms with Crippen molar-refractivity contribution in [1.29, 1.82) is 0 Å². The molecular formula is C14H17NO. The van der Waals surface area contributed by atoms with Crippen LogP contribution in [0.3, 0.4) is 0 Å². The maximum atomic E-state index is 12.4. The Labute approximate surface area is 96.3 Å². The Morgan fingerprint density at radius 2 is 2.06 bits per heavy atom. The van der Waals surface area contributed by atoms with Crippen molar-refractivity contribution in [1.82, 2.24) is 0 Å². The Balaban J connectivity index is 2.23. The summed E-state index contributed by atoms with van der Waals surface area (Å²) in [5.74, 6) is 0.339. The van der Waals surface area contributed by atoms with Gasteiger partial charge in [-0.15, -0.1) is 0 Å². The van der Waals surface area contributed by atoms with Crippen LogP contribution in [0.1, 0.15) is 37.8 Å². The molecule has 0 atom stereocenters. The van der Waals surface area contributed by atoms with Crippen LogP contribution < -0.4 is 4.90 Å². The largest absolute Gasteiger partial charge is 0.311 e. The third kappa shape index (κ3) is 0.998. The molecule has 1 fully saturated rings. The second-order valence-corrected chi connectivity index (χ2v) is 4.80. The number of anilines is 1. The van der Waals surface area contributed by atoms with Gasteiger partial charge >= 0.3 is 0 Å². The van der Waals surface area contributed by atoms with Gasteiger partial charge in [-0.3, -0.25) is 4.79 Å². The average molecular weight is 215 g/mol. The highest BCUT2D eigenvalue weighted by molar-refractivity contribution is 6.10. The van der Waals surface area contributed by atoms with Gasteiger partial charge in [0.25, 0.3) is 0 Å². The third-order valence-corrected chi connectivity index (χ3v) is 4.01. The fourth-order valence-electron chi connectivity index (χ4n) is 2.97. The van der Waals surface area contributed by atoms with Gasteiger partial charge in [-0.1, -0.05) is 25.1 Å². The highest BCUT2D eigenvalue weighted by atomic mass is 16.2. The van der Waals surface area contributed by atoms with Crippen molar-refractivity contribution in [2.75, 3.05) is 11.4 Å². The van der Waals surface area contributed by atoms with E-state index < -0.39 is 0 Å². The zero-order valence-electron chi connectivity index (χ0n) is 9.92. The molecule has 0 N–H and O–H groups in total. The number of para-hydroxylation sites is 1. The molecule has 2 heteroatoms. The SMILES string of the molecule is CCc1cccc2c1N(CC)C(=O)C21CC1. The number of carbonyl (C=O) groups excluding carboxylic acids is 1. The highest BCUT2D eigenvalue weighted by Gasteiger charge is 2.59. The molecule has 1 aromatic carbocycles. The van der Waals surface area contributed by atoms with Crippen LogP contribution >= 0.6 is 0 Å². The molecule has 1 aliphatic carbocycles. The quantitative estimate of drug-likeness (QED) is 0.742. The molecule has 1 saturated carbocycles. The predicted octanol–water partition coefficient (Wildman–Crippen LogP) is 2.65. The second-order valence-electron chi connectivity index (χ2n) is 4.80. The average Bonchev–Trinajstić information content (AvgIpc) is 3.06. The van der Waals surface area contributed by atoms with E-state index in [-0.39, 0.29) is 5.41 Å². The molecule has 1 spiro atoms. The van der Waals surface area contributed by atoms with Crippen LogP contribution in [0.4, 0.5) is 5.69 Å². The first kappa shape index (κ1) is 9.88. The summed E-state index contributed by atoms with van der Waals surface area (Å²) in [6.45, 7) is 5.02. The zero-order chi connectivity index (χ0) is 11.3. The molecular weight excluding hydrogens is 198 g/mol. The summed E-state index contributed by atoms with van der Waals surface area (Å²) in [6, 6.07) is 6.40. The standard InChI is InChI=1S/C14H17NO/c1-3-10-6-5-7-11-12(10)15(4-2)13(16)14(11)8-9-14/h5-7H,3-4,8-9H2,1-2H3. The predicted molar refractivity (Wildman–Crippen MR) is 64.8 cm³/mol. The normalized spacial score (nSPS) is 20.4. The van der Waals surface area contributed by atoms with Crippen molar-refractivity contribution in [3.05, 3.63) is 29.3 Å². The lowest BCUT2D eigenvalue weighted by atomic mass is 9.95. The number of fused-ring (bicyclic) bond motifs is 2. The number of hydrogen-bond donors (Lipinski definition) is 0. The van der Waals surface area contributed by atoms with Crippen molar-refractivity contribution in [2.24, 2.45) is 0 Å². The van der Waals surface area contributed by atoms with Gasteiger partial charge in [0.1, 0.15) is 0 Å². The number of likely N-dealkylation sites (N-methyl/N-ethyl adjacent to an activating group) is 1. The van der Waals surface area contributed by atoms with Gasteiger partial charge in [0.05, 0.1) is 11.1 Å². The summed E-state index contributed by atoms with van der Waals surface area (Å²) in [7, 11) is 0. The summed E-state index contributed by atoms with van der Waals surface area (Å²) in [5, 5.41) is 0. The maximum Gasteiger partial charge on any atom is 0.237 e.